The highest BCUT2D eigenvalue weighted by molar-refractivity contribution is 7.15. The van der Waals surface area contributed by atoms with Gasteiger partial charge < -0.3 is 0 Å². The van der Waals surface area contributed by atoms with E-state index in [0.29, 0.717) is 0 Å². The molecule has 0 unspecified atom stereocenters. The van der Waals surface area contributed by atoms with E-state index in [4.69, 9.17) is 0 Å². The Morgan fingerprint density at radius 2 is 1.50 bits per heavy atom. The zero-order chi connectivity index (χ0) is 12.4. The van der Waals surface area contributed by atoms with Crippen LogP contribution >= 0.6 is 11.3 Å². The van der Waals surface area contributed by atoms with E-state index in [1.54, 1.807) is 11.3 Å². The van der Waals surface area contributed by atoms with Gasteiger partial charge in [0.2, 0.25) is 0 Å². The van der Waals surface area contributed by atoms with Crippen LogP contribution in [0, 0.1) is 6.92 Å². The molecule has 2 rings (SSSR count). The molecule has 1 heterocycles. The summed E-state index contributed by atoms with van der Waals surface area (Å²) in [5, 5.41) is 1.12. The van der Waals surface area contributed by atoms with Crippen molar-refractivity contribution in [2.75, 3.05) is 0 Å². The zero-order valence-electron chi connectivity index (χ0n) is 10.8. The number of rotatable bonds is 1. The normalized spacial score (nSPS) is 8.31. The minimum Gasteiger partial charge on any atom is -0.249 e. The molecule has 88 valence electrons. The van der Waals surface area contributed by atoms with Crippen LogP contribution in [0.2, 0.25) is 0 Å². The van der Waals surface area contributed by atoms with E-state index in [-0.39, 0.29) is 0 Å². The molecule has 2 heteroatoms. The van der Waals surface area contributed by atoms with Gasteiger partial charge in [-0.2, -0.15) is 0 Å². The van der Waals surface area contributed by atoms with E-state index < -0.39 is 0 Å². The fraction of sp³-hybridized carbons (Fsp3) is 0.357. The highest BCUT2D eigenvalue weighted by Gasteiger charge is 1.98. The predicted octanol–water partition coefficient (Wildman–Crippen LogP) is 5.17. The van der Waals surface area contributed by atoms with Crippen molar-refractivity contribution in [2.24, 2.45) is 0 Å². The topological polar surface area (TPSA) is 12.9 Å². The molecule has 0 saturated carbocycles. The third-order valence-electron chi connectivity index (χ3n) is 1.68. The van der Waals surface area contributed by atoms with Gasteiger partial charge in [-0.3, -0.25) is 0 Å². The lowest BCUT2D eigenvalue weighted by Crippen LogP contribution is -1.67. The van der Waals surface area contributed by atoms with Crippen molar-refractivity contribution in [3.63, 3.8) is 0 Å². The molecule has 0 radical (unpaired) electrons. The Morgan fingerprint density at radius 3 is 1.94 bits per heavy atom. The molecule has 0 aliphatic heterocycles. The third kappa shape index (κ3) is 4.58. The van der Waals surface area contributed by atoms with Gasteiger partial charge in [-0.15, -0.1) is 11.3 Å². The molecule has 0 N–H and O–H groups in total. The Balaban J connectivity index is 0.000000509. The van der Waals surface area contributed by atoms with Crippen LogP contribution in [0.3, 0.4) is 0 Å². The summed E-state index contributed by atoms with van der Waals surface area (Å²) < 4.78 is 0. The molecule has 1 aromatic carbocycles. The van der Waals surface area contributed by atoms with Crippen LogP contribution in [0.4, 0.5) is 0 Å². The van der Waals surface area contributed by atoms with E-state index in [1.165, 1.54) is 10.4 Å². The zero-order valence-corrected chi connectivity index (χ0v) is 11.6. The summed E-state index contributed by atoms with van der Waals surface area (Å²) in [7, 11) is 0. The molecule has 0 saturated heterocycles. The lowest BCUT2D eigenvalue weighted by atomic mass is 10.2. The molecule has 0 fully saturated rings. The quantitative estimate of drug-likeness (QED) is 0.664. The van der Waals surface area contributed by atoms with Crippen LogP contribution < -0.4 is 0 Å². The second-order valence-electron chi connectivity index (χ2n) is 2.61. The van der Waals surface area contributed by atoms with Crippen molar-refractivity contribution in [3.05, 3.63) is 41.5 Å². The summed E-state index contributed by atoms with van der Waals surface area (Å²) in [5.74, 6) is 0. The number of benzene rings is 1. The molecule has 0 atom stereocenters. The number of hydrogen-bond acceptors (Lipinski definition) is 2. The van der Waals surface area contributed by atoms with Gasteiger partial charge in [-0.25, -0.2) is 4.98 Å². The van der Waals surface area contributed by atoms with Crippen molar-refractivity contribution in [1.82, 2.24) is 4.98 Å². The van der Waals surface area contributed by atoms with Crippen molar-refractivity contribution in [3.8, 4) is 10.4 Å². The summed E-state index contributed by atoms with van der Waals surface area (Å²) in [6, 6.07) is 10.3. The summed E-state index contributed by atoms with van der Waals surface area (Å²) in [6.45, 7) is 10.0. The molecule has 0 bridgehead atoms. The largest absolute Gasteiger partial charge is 0.249 e. The number of aryl methyl sites for hydroxylation is 1. The molecular formula is C14H21NS. The Kier molecular flexibility index (Phi) is 8.45. The molecule has 0 amide bonds. The van der Waals surface area contributed by atoms with E-state index in [2.05, 4.69) is 17.1 Å². The standard InChI is InChI=1S/C10H9NS.2C2H6/c1-8-11-7-10(12-8)9-5-3-2-4-6-9;2*1-2/h2-7H,1H3;2*1-2H3. The van der Waals surface area contributed by atoms with Crippen molar-refractivity contribution in [2.45, 2.75) is 34.6 Å². The van der Waals surface area contributed by atoms with Gasteiger partial charge in [0.25, 0.3) is 0 Å². The van der Waals surface area contributed by atoms with Crippen LogP contribution in [-0.2, 0) is 0 Å². The van der Waals surface area contributed by atoms with E-state index in [1.807, 2.05) is 59.0 Å². The fourth-order valence-electron chi connectivity index (χ4n) is 1.10. The average Bonchev–Trinajstić information content (AvgIpc) is 2.82. The van der Waals surface area contributed by atoms with E-state index >= 15 is 0 Å². The highest BCUT2D eigenvalue weighted by Crippen LogP contribution is 2.24. The first-order chi connectivity index (χ1) is 7.86. The molecular weight excluding hydrogens is 214 g/mol. The smallest absolute Gasteiger partial charge is 0.0900 e. The lowest BCUT2D eigenvalue weighted by Gasteiger charge is -1.92. The van der Waals surface area contributed by atoms with E-state index in [0.717, 1.165) is 5.01 Å². The summed E-state index contributed by atoms with van der Waals surface area (Å²) in [5.41, 5.74) is 1.25. The van der Waals surface area contributed by atoms with Crippen LogP contribution in [0.1, 0.15) is 32.7 Å². The monoisotopic (exact) mass is 235 g/mol. The average molecular weight is 235 g/mol. The van der Waals surface area contributed by atoms with E-state index in [9.17, 15) is 0 Å². The molecule has 0 aliphatic carbocycles. The molecule has 1 nitrogen and oxygen atoms in total. The molecule has 1 aromatic heterocycles. The third-order valence-corrected chi connectivity index (χ3v) is 2.64. The lowest BCUT2D eigenvalue weighted by molar-refractivity contribution is 1.30. The maximum absolute atomic E-state index is 4.21. The predicted molar refractivity (Wildman–Crippen MR) is 75.0 cm³/mol. The molecule has 0 spiro atoms. The molecule has 16 heavy (non-hydrogen) atoms. The summed E-state index contributed by atoms with van der Waals surface area (Å²) in [6.07, 6.45) is 1.93. The van der Waals surface area contributed by atoms with Crippen LogP contribution in [0.15, 0.2) is 36.5 Å². The van der Waals surface area contributed by atoms with Crippen LogP contribution in [-0.4, -0.2) is 4.98 Å². The maximum atomic E-state index is 4.21. The summed E-state index contributed by atoms with van der Waals surface area (Å²) >= 11 is 1.73. The number of nitrogens with zero attached hydrogens (tertiary/aromatic N) is 1. The maximum Gasteiger partial charge on any atom is 0.0900 e. The Hall–Kier alpha value is -1.15. The minimum absolute atomic E-state index is 1.12. The first kappa shape index (κ1) is 14.8. The first-order valence-electron chi connectivity index (χ1n) is 5.84. The minimum atomic E-state index is 1.12. The Labute approximate surface area is 103 Å². The number of aromatic nitrogens is 1. The van der Waals surface area contributed by atoms with Crippen molar-refractivity contribution < 1.29 is 0 Å². The van der Waals surface area contributed by atoms with Crippen molar-refractivity contribution in [1.29, 1.82) is 0 Å². The van der Waals surface area contributed by atoms with Gasteiger partial charge in [-0.1, -0.05) is 58.0 Å². The summed E-state index contributed by atoms with van der Waals surface area (Å²) in [4.78, 5) is 5.46. The van der Waals surface area contributed by atoms with Gasteiger partial charge in [0.15, 0.2) is 0 Å². The number of thiazole rings is 1. The molecule has 0 aliphatic rings. The number of hydrogen-bond donors (Lipinski definition) is 0. The van der Waals surface area contributed by atoms with Crippen LogP contribution in [0.5, 0.6) is 0 Å². The van der Waals surface area contributed by atoms with Gasteiger partial charge >= 0.3 is 0 Å². The highest BCUT2D eigenvalue weighted by atomic mass is 32.1. The van der Waals surface area contributed by atoms with Crippen LogP contribution in [0.25, 0.3) is 10.4 Å². The van der Waals surface area contributed by atoms with Gasteiger partial charge in [0.05, 0.1) is 9.88 Å². The second kappa shape index (κ2) is 9.10. The first-order valence-corrected chi connectivity index (χ1v) is 6.66. The second-order valence-corrected chi connectivity index (χ2v) is 3.84. The Bertz CT molecular complexity index is 365. The van der Waals surface area contributed by atoms with Gasteiger partial charge in [0.1, 0.15) is 0 Å². The molecule has 2 aromatic rings. The Morgan fingerprint density at radius 1 is 0.938 bits per heavy atom. The van der Waals surface area contributed by atoms with Crippen molar-refractivity contribution >= 4 is 11.3 Å². The SMILES string of the molecule is CC.CC.Cc1ncc(-c2ccccc2)s1. The van der Waals surface area contributed by atoms with Gasteiger partial charge in [0, 0.05) is 6.20 Å². The van der Waals surface area contributed by atoms with Gasteiger partial charge in [-0.05, 0) is 12.5 Å². The fourth-order valence-corrected chi connectivity index (χ4v) is 1.88.